The van der Waals surface area contributed by atoms with Gasteiger partial charge in [-0.2, -0.15) is 0 Å². The highest BCUT2D eigenvalue weighted by molar-refractivity contribution is 7.92. The third kappa shape index (κ3) is 5.30. The number of ether oxygens (including phenoxy) is 1. The lowest BCUT2D eigenvalue weighted by Gasteiger charge is -2.12. The maximum atomic E-state index is 12.6. The number of carbonyl (C=O) groups is 1. The number of nitrogens with one attached hydrogen (secondary N) is 2. The molecule has 1 amide bonds. The molecule has 0 unspecified atom stereocenters. The fourth-order valence-electron chi connectivity index (χ4n) is 2.64. The molecule has 0 aromatic heterocycles. The average molecular weight is 462 g/mol. The maximum Gasteiger partial charge on any atom is 0.273 e. The van der Waals surface area contributed by atoms with E-state index in [0.717, 1.165) is 0 Å². The van der Waals surface area contributed by atoms with E-state index in [1.807, 2.05) is 0 Å². The first-order chi connectivity index (χ1) is 14.7. The normalized spacial score (nSPS) is 10.9. The minimum atomic E-state index is -3.88. The minimum Gasteiger partial charge on any atom is -0.494 e. The summed E-state index contributed by atoms with van der Waals surface area (Å²) in [6.45, 7) is 0. The van der Waals surface area contributed by atoms with E-state index in [4.69, 9.17) is 16.3 Å². The Bertz CT molecular complexity index is 1250. The van der Waals surface area contributed by atoms with Crippen molar-refractivity contribution in [3.05, 3.63) is 87.4 Å². The first-order valence-electron chi connectivity index (χ1n) is 8.72. The van der Waals surface area contributed by atoms with Crippen LogP contribution < -0.4 is 14.8 Å². The molecule has 3 aromatic rings. The second-order valence-electron chi connectivity index (χ2n) is 6.24. The number of carbonyl (C=O) groups excluding carboxylic acids is 1. The summed E-state index contributed by atoms with van der Waals surface area (Å²) in [4.78, 5) is 23.0. The van der Waals surface area contributed by atoms with Crippen LogP contribution in [-0.2, 0) is 10.0 Å². The number of nitro groups is 1. The first kappa shape index (κ1) is 22.1. The molecule has 160 valence electrons. The smallest absolute Gasteiger partial charge is 0.273 e. The second kappa shape index (κ2) is 9.02. The molecule has 0 aliphatic rings. The van der Waals surface area contributed by atoms with Crippen LogP contribution in [-0.4, -0.2) is 26.4 Å². The van der Waals surface area contributed by atoms with Gasteiger partial charge in [0.05, 0.1) is 28.7 Å². The van der Waals surface area contributed by atoms with Gasteiger partial charge in [-0.1, -0.05) is 17.7 Å². The Labute approximate surface area is 182 Å². The van der Waals surface area contributed by atoms with Crippen molar-refractivity contribution >= 4 is 44.6 Å². The number of benzene rings is 3. The molecular weight excluding hydrogens is 446 g/mol. The van der Waals surface area contributed by atoms with E-state index in [-0.39, 0.29) is 33.3 Å². The van der Waals surface area contributed by atoms with Gasteiger partial charge in [0.2, 0.25) is 0 Å². The standard InChI is InChI=1S/C20H16ClN3O6S/c1-30-19-12-16(24(26)27)7-10-18(19)22-20(25)13-3-2-4-15(11-13)23-31(28,29)17-8-5-14(21)6-9-17/h2-12,23H,1H3,(H,22,25). The highest BCUT2D eigenvalue weighted by atomic mass is 35.5. The molecule has 0 radical (unpaired) electrons. The number of non-ortho nitro benzene ring substituents is 1. The first-order valence-corrected chi connectivity index (χ1v) is 10.6. The molecule has 0 atom stereocenters. The van der Waals surface area contributed by atoms with E-state index in [1.54, 1.807) is 0 Å². The third-order valence-electron chi connectivity index (χ3n) is 4.15. The van der Waals surface area contributed by atoms with Crippen LogP contribution in [0.3, 0.4) is 0 Å². The number of sulfonamides is 1. The van der Waals surface area contributed by atoms with Crippen molar-refractivity contribution in [3.63, 3.8) is 0 Å². The number of nitrogens with zero attached hydrogens (tertiary/aromatic N) is 1. The van der Waals surface area contributed by atoms with Gasteiger partial charge in [-0.15, -0.1) is 0 Å². The van der Waals surface area contributed by atoms with Gasteiger partial charge >= 0.3 is 0 Å². The van der Waals surface area contributed by atoms with Gasteiger partial charge in [0.1, 0.15) is 5.75 Å². The zero-order valence-corrected chi connectivity index (χ0v) is 17.6. The Hall–Kier alpha value is -3.63. The van der Waals surface area contributed by atoms with Crippen LogP contribution in [0.4, 0.5) is 17.1 Å². The van der Waals surface area contributed by atoms with Crippen LogP contribution in [0.25, 0.3) is 0 Å². The predicted molar refractivity (Wildman–Crippen MR) is 116 cm³/mol. The zero-order valence-electron chi connectivity index (χ0n) is 16.0. The molecular formula is C20H16ClN3O6S. The maximum absolute atomic E-state index is 12.6. The van der Waals surface area contributed by atoms with Crippen LogP contribution in [0.1, 0.15) is 10.4 Å². The van der Waals surface area contributed by atoms with Gasteiger partial charge in [0.15, 0.2) is 0 Å². The van der Waals surface area contributed by atoms with Crippen molar-refractivity contribution in [3.8, 4) is 5.75 Å². The molecule has 0 aliphatic heterocycles. The summed E-state index contributed by atoms with van der Waals surface area (Å²) in [5.74, 6) is -0.443. The lowest BCUT2D eigenvalue weighted by Crippen LogP contribution is -2.15. The number of hydrogen-bond donors (Lipinski definition) is 2. The van der Waals surface area contributed by atoms with Crippen molar-refractivity contribution in [2.24, 2.45) is 0 Å². The van der Waals surface area contributed by atoms with Crippen LogP contribution in [0.15, 0.2) is 71.6 Å². The molecule has 2 N–H and O–H groups in total. The van der Waals surface area contributed by atoms with Gasteiger partial charge in [-0.3, -0.25) is 19.6 Å². The van der Waals surface area contributed by atoms with Crippen molar-refractivity contribution in [2.45, 2.75) is 4.90 Å². The zero-order chi connectivity index (χ0) is 22.6. The predicted octanol–water partition coefficient (Wildman–Crippen LogP) is 4.31. The summed E-state index contributed by atoms with van der Waals surface area (Å²) in [5, 5.41) is 13.9. The van der Waals surface area contributed by atoms with E-state index in [0.29, 0.717) is 5.02 Å². The van der Waals surface area contributed by atoms with Gasteiger partial charge < -0.3 is 10.1 Å². The Morgan fingerprint density at radius 2 is 1.77 bits per heavy atom. The highest BCUT2D eigenvalue weighted by Gasteiger charge is 2.17. The van der Waals surface area contributed by atoms with E-state index < -0.39 is 20.9 Å². The summed E-state index contributed by atoms with van der Waals surface area (Å²) in [7, 11) is -2.56. The van der Waals surface area contributed by atoms with Gasteiger partial charge in [0.25, 0.3) is 21.6 Å². The largest absolute Gasteiger partial charge is 0.494 e. The van der Waals surface area contributed by atoms with Gasteiger partial charge in [-0.05, 0) is 48.5 Å². The molecule has 0 heterocycles. The van der Waals surface area contributed by atoms with Gasteiger partial charge in [0, 0.05) is 22.3 Å². The summed E-state index contributed by atoms with van der Waals surface area (Å²) in [5.41, 5.74) is 0.383. The van der Waals surface area contributed by atoms with Crippen LogP contribution >= 0.6 is 11.6 Å². The highest BCUT2D eigenvalue weighted by Crippen LogP contribution is 2.29. The Morgan fingerprint density at radius 1 is 1.06 bits per heavy atom. The molecule has 11 heteroatoms. The molecule has 31 heavy (non-hydrogen) atoms. The SMILES string of the molecule is COc1cc([N+](=O)[O-])ccc1NC(=O)c1cccc(NS(=O)(=O)c2ccc(Cl)cc2)c1. The topological polar surface area (TPSA) is 128 Å². The Balaban J connectivity index is 1.81. The molecule has 0 spiro atoms. The number of methoxy groups -OCH3 is 1. The van der Waals surface area contributed by atoms with E-state index in [1.165, 1.54) is 73.8 Å². The molecule has 0 aliphatic carbocycles. The number of amides is 1. The van der Waals surface area contributed by atoms with Crippen molar-refractivity contribution < 1.29 is 22.9 Å². The lowest BCUT2D eigenvalue weighted by molar-refractivity contribution is -0.384. The number of nitro benzene ring substituents is 1. The van der Waals surface area contributed by atoms with Crippen LogP contribution in [0.5, 0.6) is 5.75 Å². The number of hydrogen-bond acceptors (Lipinski definition) is 6. The minimum absolute atomic E-state index is 0.0161. The quantitative estimate of drug-likeness (QED) is 0.398. The Kier molecular flexibility index (Phi) is 6.42. The molecule has 0 bridgehead atoms. The second-order valence-corrected chi connectivity index (χ2v) is 8.35. The number of rotatable bonds is 7. The Morgan fingerprint density at radius 3 is 2.42 bits per heavy atom. The molecule has 0 saturated carbocycles. The lowest BCUT2D eigenvalue weighted by atomic mass is 10.2. The number of anilines is 2. The van der Waals surface area contributed by atoms with Crippen molar-refractivity contribution in [2.75, 3.05) is 17.1 Å². The molecule has 9 nitrogen and oxygen atoms in total. The summed E-state index contributed by atoms with van der Waals surface area (Å²) in [6, 6.07) is 15.3. The van der Waals surface area contributed by atoms with Crippen LogP contribution in [0, 0.1) is 10.1 Å². The molecule has 0 fully saturated rings. The molecule has 3 aromatic carbocycles. The van der Waals surface area contributed by atoms with Gasteiger partial charge in [-0.25, -0.2) is 8.42 Å². The van der Waals surface area contributed by atoms with E-state index >= 15 is 0 Å². The fraction of sp³-hybridized carbons (Fsp3) is 0.0500. The van der Waals surface area contributed by atoms with Crippen LogP contribution in [0.2, 0.25) is 5.02 Å². The van der Waals surface area contributed by atoms with E-state index in [9.17, 15) is 23.3 Å². The number of halogens is 1. The fourth-order valence-corrected chi connectivity index (χ4v) is 3.82. The molecule has 3 rings (SSSR count). The summed E-state index contributed by atoms with van der Waals surface area (Å²) < 4.78 is 32.6. The van der Waals surface area contributed by atoms with Crippen molar-refractivity contribution in [1.29, 1.82) is 0 Å². The third-order valence-corrected chi connectivity index (χ3v) is 5.79. The average Bonchev–Trinajstić information content (AvgIpc) is 2.74. The monoisotopic (exact) mass is 461 g/mol. The summed E-state index contributed by atoms with van der Waals surface area (Å²) in [6.07, 6.45) is 0. The van der Waals surface area contributed by atoms with Crippen molar-refractivity contribution in [1.82, 2.24) is 0 Å². The summed E-state index contributed by atoms with van der Waals surface area (Å²) >= 11 is 5.79. The molecule has 0 saturated heterocycles. The van der Waals surface area contributed by atoms with E-state index in [2.05, 4.69) is 10.0 Å².